The largest absolute Gasteiger partial charge is 0.465 e. The number of rotatable bonds is 4. The molecule has 0 N–H and O–H groups in total. The summed E-state index contributed by atoms with van der Waals surface area (Å²) in [6, 6.07) is 6.82. The Kier molecular flexibility index (Phi) is 5.97. The zero-order chi connectivity index (χ0) is 20.3. The third kappa shape index (κ3) is 3.72. The lowest BCUT2D eigenvalue weighted by atomic mass is 9.94. The van der Waals surface area contributed by atoms with E-state index in [1.54, 1.807) is 42.2 Å². The van der Waals surface area contributed by atoms with Crippen molar-refractivity contribution in [2.45, 2.75) is 45.1 Å². The second kappa shape index (κ2) is 8.42. The van der Waals surface area contributed by atoms with E-state index < -0.39 is 11.9 Å². The van der Waals surface area contributed by atoms with Crippen molar-refractivity contribution in [3.63, 3.8) is 0 Å². The Bertz CT molecular complexity index is 844. The van der Waals surface area contributed by atoms with Gasteiger partial charge in [-0.3, -0.25) is 4.79 Å². The molecule has 0 spiro atoms. The van der Waals surface area contributed by atoms with Gasteiger partial charge in [0.25, 0.3) is 5.91 Å². The minimum absolute atomic E-state index is 0.119. The number of methoxy groups -OCH3 is 2. The monoisotopic (exact) mass is 383 g/mol. The van der Waals surface area contributed by atoms with Crippen molar-refractivity contribution < 1.29 is 23.9 Å². The Morgan fingerprint density at radius 2 is 1.61 bits per heavy atom. The number of ether oxygens (including phenoxy) is 2. The number of hydrogen-bond acceptors (Lipinski definition) is 5. The minimum Gasteiger partial charge on any atom is -0.465 e. The van der Waals surface area contributed by atoms with E-state index in [0.717, 1.165) is 31.2 Å². The van der Waals surface area contributed by atoms with Gasteiger partial charge in [0.2, 0.25) is 0 Å². The fourth-order valence-corrected chi connectivity index (χ4v) is 3.98. The average Bonchev–Trinajstić information content (AvgIpc) is 2.97. The van der Waals surface area contributed by atoms with Gasteiger partial charge in [-0.15, -0.1) is 0 Å². The van der Waals surface area contributed by atoms with Crippen molar-refractivity contribution in [3.05, 3.63) is 52.2 Å². The molecule has 6 nitrogen and oxygen atoms in total. The highest BCUT2D eigenvalue weighted by Gasteiger charge is 2.40. The van der Waals surface area contributed by atoms with Gasteiger partial charge in [0.1, 0.15) is 0 Å². The van der Waals surface area contributed by atoms with Crippen LogP contribution in [0.4, 0.5) is 0 Å². The molecule has 0 bridgehead atoms. The molecule has 1 aromatic carbocycles. The molecule has 2 aliphatic rings. The Hall–Kier alpha value is -2.89. The van der Waals surface area contributed by atoms with E-state index in [2.05, 4.69) is 0 Å². The van der Waals surface area contributed by atoms with E-state index in [9.17, 15) is 14.4 Å². The van der Waals surface area contributed by atoms with Crippen LogP contribution in [-0.4, -0.2) is 43.0 Å². The number of benzene rings is 1. The molecule has 1 fully saturated rings. The molecule has 1 heterocycles. The second-order valence-electron chi connectivity index (χ2n) is 7.09. The SMILES string of the molecule is COC(=O)C1=C(C)N(C2CCCCC2)C(=O)/C1=C/c1ccc(C(=O)OC)cc1. The Balaban J connectivity index is 1.98. The molecule has 6 heteroatoms. The van der Waals surface area contributed by atoms with Crippen LogP contribution < -0.4 is 0 Å². The Morgan fingerprint density at radius 3 is 2.18 bits per heavy atom. The van der Waals surface area contributed by atoms with Crippen LogP contribution in [0.3, 0.4) is 0 Å². The van der Waals surface area contributed by atoms with Crippen molar-refractivity contribution in [2.24, 2.45) is 0 Å². The zero-order valence-electron chi connectivity index (χ0n) is 16.5. The standard InChI is InChI=1S/C22H25NO5/c1-14-19(22(26)28-3)18(20(24)23(14)17-7-5-4-6-8-17)13-15-9-11-16(12-10-15)21(25)27-2/h9-13,17H,4-8H2,1-3H3/b18-13+. The Morgan fingerprint density at radius 1 is 1.00 bits per heavy atom. The first-order valence-electron chi connectivity index (χ1n) is 9.51. The van der Waals surface area contributed by atoms with Crippen LogP contribution >= 0.6 is 0 Å². The quantitative estimate of drug-likeness (QED) is 0.588. The summed E-state index contributed by atoms with van der Waals surface area (Å²) in [5, 5.41) is 0. The summed E-state index contributed by atoms with van der Waals surface area (Å²) < 4.78 is 9.65. The maximum absolute atomic E-state index is 13.2. The highest BCUT2D eigenvalue weighted by Crippen LogP contribution is 2.36. The summed E-state index contributed by atoms with van der Waals surface area (Å²) in [5.74, 6) is -1.10. The first-order valence-corrected chi connectivity index (χ1v) is 9.51. The lowest BCUT2D eigenvalue weighted by molar-refractivity contribution is -0.136. The molecule has 1 aliphatic heterocycles. The predicted octanol–water partition coefficient (Wildman–Crippen LogP) is 3.48. The molecule has 1 amide bonds. The molecular weight excluding hydrogens is 358 g/mol. The summed E-state index contributed by atoms with van der Waals surface area (Å²) in [6.45, 7) is 1.81. The highest BCUT2D eigenvalue weighted by molar-refractivity contribution is 6.16. The van der Waals surface area contributed by atoms with Gasteiger partial charge in [-0.25, -0.2) is 9.59 Å². The first-order chi connectivity index (χ1) is 13.5. The molecule has 0 aromatic heterocycles. The van der Waals surface area contributed by atoms with Crippen LogP contribution in [0.1, 0.15) is 54.9 Å². The first kappa shape index (κ1) is 19.9. The van der Waals surface area contributed by atoms with Gasteiger partial charge >= 0.3 is 11.9 Å². The van der Waals surface area contributed by atoms with Crippen molar-refractivity contribution in [1.29, 1.82) is 0 Å². The average molecular weight is 383 g/mol. The number of allylic oxidation sites excluding steroid dienone is 1. The van der Waals surface area contributed by atoms with Crippen LogP contribution in [0.5, 0.6) is 0 Å². The summed E-state index contributed by atoms with van der Waals surface area (Å²) in [5.41, 5.74) is 2.44. The lowest BCUT2D eigenvalue weighted by Gasteiger charge is -2.32. The third-order valence-corrected chi connectivity index (χ3v) is 5.41. The van der Waals surface area contributed by atoms with Crippen molar-refractivity contribution in [3.8, 4) is 0 Å². The molecule has 1 aliphatic carbocycles. The maximum atomic E-state index is 13.2. The second-order valence-corrected chi connectivity index (χ2v) is 7.09. The zero-order valence-corrected chi connectivity index (χ0v) is 16.5. The van der Waals surface area contributed by atoms with E-state index >= 15 is 0 Å². The van der Waals surface area contributed by atoms with Gasteiger partial charge in [-0.2, -0.15) is 0 Å². The van der Waals surface area contributed by atoms with Crippen LogP contribution in [0.15, 0.2) is 41.1 Å². The highest BCUT2D eigenvalue weighted by atomic mass is 16.5. The predicted molar refractivity (Wildman–Crippen MR) is 104 cm³/mol. The molecule has 1 saturated carbocycles. The smallest absolute Gasteiger partial charge is 0.340 e. The van der Waals surface area contributed by atoms with Crippen LogP contribution in [0.25, 0.3) is 6.08 Å². The topological polar surface area (TPSA) is 72.9 Å². The van der Waals surface area contributed by atoms with Gasteiger partial charge in [-0.1, -0.05) is 31.4 Å². The van der Waals surface area contributed by atoms with E-state index in [4.69, 9.17) is 9.47 Å². The molecule has 28 heavy (non-hydrogen) atoms. The number of nitrogens with zero attached hydrogens (tertiary/aromatic N) is 1. The van der Waals surface area contributed by atoms with E-state index in [0.29, 0.717) is 22.4 Å². The fraction of sp³-hybridized carbons (Fsp3) is 0.409. The lowest BCUT2D eigenvalue weighted by Crippen LogP contribution is -2.37. The van der Waals surface area contributed by atoms with Crippen LogP contribution in [0, 0.1) is 0 Å². The van der Waals surface area contributed by atoms with Crippen LogP contribution in [0.2, 0.25) is 0 Å². The number of hydrogen-bond donors (Lipinski definition) is 0. The number of esters is 2. The molecule has 0 radical (unpaired) electrons. The molecule has 1 aromatic rings. The molecule has 0 atom stereocenters. The molecule has 148 valence electrons. The minimum atomic E-state index is -0.512. The number of carbonyl (C=O) groups excluding carboxylic acids is 3. The molecular formula is C22H25NO5. The third-order valence-electron chi connectivity index (χ3n) is 5.41. The van der Waals surface area contributed by atoms with Crippen molar-refractivity contribution >= 4 is 23.9 Å². The van der Waals surface area contributed by atoms with Gasteiger partial charge in [0.15, 0.2) is 0 Å². The van der Waals surface area contributed by atoms with Gasteiger partial charge in [-0.05, 0) is 43.5 Å². The van der Waals surface area contributed by atoms with E-state index in [-0.39, 0.29) is 11.9 Å². The molecule has 0 unspecified atom stereocenters. The summed E-state index contributed by atoms with van der Waals surface area (Å²) >= 11 is 0. The normalized spacial score (nSPS) is 19.3. The van der Waals surface area contributed by atoms with E-state index in [1.807, 2.05) is 0 Å². The van der Waals surface area contributed by atoms with Gasteiger partial charge < -0.3 is 14.4 Å². The number of amides is 1. The van der Waals surface area contributed by atoms with Gasteiger partial charge in [0, 0.05) is 11.7 Å². The number of carbonyl (C=O) groups is 3. The van der Waals surface area contributed by atoms with Gasteiger partial charge in [0.05, 0.1) is 30.9 Å². The maximum Gasteiger partial charge on any atom is 0.340 e. The molecule has 0 saturated heterocycles. The summed E-state index contributed by atoms with van der Waals surface area (Å²) in [6.07, 6.45) is 6.92. The van der Waals surface area contributed by atoms with Crippen molar-refractivity contribution in [2.75, 3.05) is 14.2 Å². The van der Waals surface area contributed by atoms with E-state index in [1.165, 1.54) is 20.6 Å². The molecule has 3 rings (SSSR count). The summed E-state index contributed by atoms with van der Waals surface area (Å²) in [7, 11) is 2.64. The van der Waals surface area contributed by atoms with Crippen molar-refractivity contribution in [1.82, 2.24) is 4.90 Å². The summed E-state index contributed by atoms with van der Waals surface area (Å²) in [4.78, 5) is 39.0. The Labute approximate surface area is 164 Å². The fourth-order valence-electron chi connectivity index (χ4n) is 3.98. The van der Waals surface area contributed by atoms with Crippen LogP contribution in [-0.2, 0) is 19.1 Å².